The Morgan fingerprint density at radius 2 is 0.879 bits per heavy atom. The number of aryl methyl sites for hydroxylation is 4. The minimum Gasteiger partial charge on any atom is -0.252 e. The van der Waals surface area contributed by atoms with E-state index in [0.717, 1.165) is 30.6 Å². The molecule has 0 aromatic heterocycles. The summed E-state index contributed by atoms with van der Waals surface area (Å²) in [5.74, 6) is 0. The molecule has 2 rings (SSSR count). The van der Waals surface area contributed by atoms with Gasteiger partial charge in [-0.3, -0.25) is 9.98 Å². The van der Waals surface area contributed by atoms with Gasteiger partial charge in [0.1, 0.15) is 0 Å². The number of nitrogens with zero attached hydrogens (tertiary/aromatic N) is 2. The molecule has 0 heterocycles. The van der Waals surface area contributed by atoms with E-state index in [0.29, 0.717) is 0 Å². The Balaban J connectivity index is 0.00000544. The van der Waals surface area contributed by atoms with Crippen LogP contribution in [0.5, 0.6) is 0 Å². The predicted octanol–water partition coefficient (Wildman–Crippen LogP) is 9.70. The summed E-state index contributed by atoms with van der Waals surface area (Å²) in [6.07, 6.45) is 12.1. The van der Waals surface area contributed by atoms with Crippen molar-refractivity contribution in [2.24, 2.45) is 9.98 Å². The number of benzene rings is 2. The smallest absolute Gasteiger partial charge is 0.0639 e. The van der Waals surface area contributed by atoms with Crippen molar-refractivity contribution in [2.75, 3.05) is 0 Å². The van der Waals surface area contributed by atoms with Crippen LogP contribution < -0.4 is 0 Å². The SMILES string of the molecule is CCCCCCCCC(=Nc1cc(C)cc(C)c1)C(CCCC)=Nc1cc(C)cc(C)c1.[Ni]. The van der Waals surface area contributed by atoms with Crippen LogP contribution in [0, 0.1) is 27.7 Å². The molecule has 0 aliphatic carbocycles. The van der Waals surface area contributed by atoms with Crippen molar-refractivity contribution in [3.8, 4) is 0 Å². The van der Waals surface area contributed by atoms with Gasteiger partial charge in [0.15, 0.2) is 0 Å². The Labute approximate surface area is 213 Å². The first-order chi connectivity index (χ1) is 15.4. The minimum atomic E-state index is 0. The van der Waals surface area contributed by atoms with Gasteiger partial charge in [-0.15, -0.1) is 0 Å². The van der Waals surface area contributed by atoms with Crippen LogP contribution in [0.15, 0.2) is 46.4 Å². The zero-order valence-corrected chi connectivity index (χ0v) is 22.7. The van der Waals surface area contributed by atoms with Crippen LogP contribution in [-0.2, 0) is 16.5 Å². The number of hydrogen-bond acceptors (Lipinski definition) is 2. The van der Waals surface area contributed by atoms with Crippen molar-refractivity contribution in [3.63, 3.8) is 0 Å². The summed E-state index contributed by atoms with van der Waals surface area (Å²) in [5, 5.41) is 0. The zero-order chi connectivity index (χ0) is 23.3. The topological polar surface area (TPSA) is 24.7 Å². The molecule has 0 fully saturated rings. The summed E-state index contributed by atoms with van der Waals surface area (Å²) in [6, 6.07) is 13.2. The van der Waals surface area contributed by atoms with Crippen molar-refractivity contribution in [3.05, 3.63) is 58.7 Å². The van der Waals surface area contributed by atoms with Crippen LogP contribution in [0.1, 0.15) is 100 Å². The summed E-state index contributed by atoms with van der Waals surface area (Å²) in [7, 11) is 0. The van der Waals surface area contributed by atoms with E-state index in [-0.39, 0.29) is 16.5 Å². The van der Waals surface area contributed by atoms with Gasteiger partial charge in [0.25, 0.3) is 0 Å². The van der Waals surface area contributed by atoms with Crippen LogP contribution >= 0.6 is 0 Å². The average Bonchev–Trinajstić information content (AvgIpc) is 2.71. The maximum atomic E-state index is 5.19. The normalized spacial score (nSPS) is 12.1. The number of unbranched alkanes of at least 4 members (excludes halogenated alkanes) is 6. The standard InChI is InChI=1S/C30H44N2.Ni/c1-7-9-11-12-13-14-16-30(32-28-21-25(5)18-26(6)22-28)29(15-10-8-2)31-27-19-23(3)17-24(4)20-27;/h17-22H,7-16H2,1-6H3;. The molecule has 2 aromatic carbocycles. The van der Waals surface area contributed by atoms with Gasteiger partial charge in [0, 0.05) is 16.5 Å². The molecule has 0 N–H and O–H groups in total. The molecule has 0 unspecified atom stereocenters. The Hall–Kier alpha value is -1.73. The van der Waals surface area contributed by atoms with Crippen LogP contribution in [-0.4, -0.2) is 11.4 Å². The minimum absolute atomic E-state index is 0. The third-order valence-electron chi connectivity index (χ3n) is 5.81. The van der Waals surface area contributed by atoms with Crippen LogP contribution in [0.2, 0.25) is 0 Å². The Bertz CT molecular complexity index is 871. The van der Waals surface area contributed by atoms with E-state index < -0.39 is 0 Å². The fraction of sp³-hybridized carbons (Fsp3) is 0.533. The van der Waals surface area contributed by atoms with Crippen molar-refractivity contribution in [1.82, 2.24) is 0 Å². The van der Waals surface area contributed by atoms with Crippen LogP contribution in [0.25, 0.3) is 0 Å². The molecular formula is C30H44N2Ni. The van der Waals surface area contributed by atoms with E-state index in [1.165, 1.54) is 78.6 Å². The number of hydrogen-bond donors (Lipinski definition) is 0. The molecule has 0 aliphatic heterocycles. The van der Waals surface area contributed by atoms with E-state index in [1.54, 1.807) is 0 Å². The first kappa shape index (κ1) is 29.3. The second-order valence-electron chi connectivity index (χ2n) is 9.43. The predicted molar refractivity (Wildman–Crippen MR) is 144 cm³/mol. The van der Waals surface area contributed by atoms with E-state index in [2.05, 4.69) is 77.9 Å². The maximum Gasteiger partial charge on any atom is 0.0639 e. The van der Waals surface area contributed by atoms with Crippen LogP contribution in [0.4, 0.5) is 11.4 Å². The molecule has 0 saturated heterocycles. The molecule has 0 amide bonds. The van der Waals surface area contributed by atoms with Crippen molar-refractivity contribution in [2.45, 2.75) is 106 Å². The molecule has 0 spiro atoms. The van der Waals surface area contributed by atoms with Gasteiger partial charge >= 0.3 is 0 Å². The van der Waals surface area contributed by atoms with Gasteiger partial charge in [0.2, 0.25) is 0 Å². The Kier molecular flexibility index (Phi) is 14.2. The number of rotatable bonds is 13. The third kappa shape index (κ3) is 11.3. The maximum absolute atomic E-state index is 5.19. The molecule has 33 heavy (non-hydrogen) atoms. The van der Waals surface area contributed by atoms with Crippen LogP contribution in [0.3, 0.4) is 0 Å². The Morgan fingerprint density at radius 1 is 0.515 bits per heavy atom. The summed E-state index contributed by atoms with van der Waals surface area (Å²) < 4.78 is 0. The molecule has 0 saturated carbocycles. The number of aliphatic imine (C=N–C) groups is 2. The molecule has 0 atom stereocenters. The average molecular weight is 491 g/mol. The largest absolute Gasteiger partial charge is 0.252 e. The summed E-state index contributed by atoms with van der Waals surface area (Å²) in [6.45, 7) is 13.1. The van der Waals surface area contributed by atoms with Gasteiger partial charge in [0.05, 0.1) is 22.8 Å². The van der Waals surface area contributed by atoms with E-state index in [4.69, 9.17) is 9.98 Å². The van der Waals surface area contributed by atoms with Gasteiger partial charge < -0.3 is 0 Å². The molecule has 3 heteroatoms. The van der Waals surface area contributed by atoms with Crippen molar-refractivity contribution < 1.29 is 16.5 Å². The van der Waals surface area contributed by atoms with Gasteiger partial charge in [-0.25, -0.2) is 0 Å². The van der Waals surface area contributed by atoms with Crippen molar-refractivity contribution in [1.29, 1.82) is 0 Å². The van der Waals surface area contributed by atoms with Gasteiger partial charge in [-0.1, -0.05) is 64.5 Å². The third-order valence-corrected chi connectivity index (χ3v) is 5.81. The molecule has 184 valence electrons. The summed E-state index contributed by atoms with van der Waals surface area (Å²) in [5.41, 5.74) is 9.54. The zero-order valence-electron chi connectivity index (χ0n) is 21.7. The van der Waals surface area contributed by atoms with E-state index in [9.17, 15) is 0 Å². The molecule has 0 aliphatic rings. The monoisotopic (exact) mass is 490 g/mol. The molecule has 2 nitrogen and oxygen atoms in total. The fourth-order valence-corrected chi connectivity index (χ4v) is 4.29. The molecular weight excluding hydrogens is 447 g/mol. The second-order valence-corrected chi connectivity index (χ2v) is 9.43. The summed E-state index contributed by atoms with van der Waals surface area (Å²) in [4.78, 5) is 10.4. The first-order valence-electron chi connectivity index (χ1n) is 12.7. The molecule has 0 radical (unpaired) electrons. The molecule has 2 aromatic rings. The van der Waals surface area contributed by atoms with Crippen molar-refractivity contribution >= 4 is 22.8 Å². The molecule has 0 bridgehead atoms. The van der Waals surface area contributed by atoms with E-state index >= 15 is 0 Å². The van der Waals surface area contributed by atoms with Gasteiger partial charge in [-0.2, -0.15) is 0 Å². The Morgan fingerprint density at radius 3 is 1.30 bits per heavy atom. The quantitative estimate of drug-likeness (QED) is 0.151. The summed E-state index contributed by atoms with van der Waals surface area (Å²) >= 11 is 0. The van der Waals surface area contributed by atoms with E-state index in [1.807, 2.05) is 0 Å². The first-order valence-corrected chi connectivity index (χ1v) is 12.7. The van der Waals surface area contributed by atoms with Gasteiger partial charge in [-0.05, 0) is 99.9 Å². The fourth-order valence-electron chi connectivity index (χ4n) is 4.29. The second kappa shape index (κ2) is 16.0.